The summed E-state index contributed by atoms with van der Waals surface area (Å²) in [5.41, 5.74) is 4.30. The van der Waals surface area contributed by atoms with Gasteiger partial charge in [0.25, 0.3) is 11.8 Å². The van der Waals surface area contributed by atoms with Gasteiger partial charge in [0.15, 0.2) is 0 Å². The number of rotatable bonds is 7. The van der Waals surface area contributed by atoms with Crippen molar-refractivity contribution in [2.45, 2.75) is 46.6 Å². The largest absolute Gasteiger partial charge is 0.392 e. The molecule has 1 fully saturated rings. The van der Waals surface area contributed by atoms with Gasteiger partial charge in [-0.2, -0.15) is 0 Å². The van der Waals surface area contributed by atoms with Gasteiger partial charge in [-0.05, 0) is 38.0 Å². The summed E-state index contributed by atoms with van der Waals surface area (Å²) in [5.74, 6) is -0.850. The highest BCUT2D eigenvalue weighted by Crippen LogP contribution is 2.22. The minimum Gasteiger partial charge on any atom is -0.392 e. The highest BCUT2D eigenvalue weighted by molar-refractivity contribution is 6.14. The van der Waals surface area contributed by atoms with E-state index in [1.165, 1.54) is 5.01 Å². The molecule has 0 radical (unpaired) electrons. The number of hydrogen-bond acceptors (Lipinski definition) is 4. The Morgan fingerprint density at radius 3 is 1.93 bits per heavy atom. The molecule has 1 aliphatic heterocycles. The second kappa shape index (κ2) is 15.2. The van der Waals surface area contributed by atoms with E-state index in [1.807, 2.05) is 69.3 Å². The number of amides is 2. The molecule has 1 unspecified atom stereocenters. The second-order valence-electron chi connectivity index (χ2n) is 6.61. The van der Waals surface area contributed by atoms with E-state index in [2.05, 4.69) is 5.43 Å². The molecule has 0 aromatic heterocycles. The van der Waals surface area contributed by atoms with Gasteiger partial charge in [-0.15, -0.1) is 0 Å². The highest BCUT2D eigenvalue weighted by Gasteiger charge is 2.39. The fourth-order valence-electron chi connectivity index (χ4n) is 2.73. The molecule has 0 saturated carbocycles. The van der Waals surface area contributed by atoms with Gasteiger partial charge >= 0.3 is 0 Å². The molecule has 1 heterocycles. The number of aliphatic hydroxyl groups is 1. The third-order valence-electron chi connectivity index (χ3n) is 4.35. The Morgan fingerprint density at radius 1 is 0.933 bits per heavy atom. The predicted octanol–water partition coefficient (Wildman–Crippen LogP) is 4.09. The molecule has 2 N–H and O–H groups in total. The van der Waals surface area contributed by atoms with Crippen molar-refractivity contribution in [2.75, 3.05) is 18.2 Å². The zero-order chi connectivity index (χ0) is 22.2. The minimum absolute atomic E-state index is 0.140. The molecule has 2 aromatic carbocycles. The monoisotopic (exact) mass is 414 g/mol. The van der Waals surface area contributed by atoms with Crippen molar-refractivity contribution >= 4 is 17.5 Å². The Bertz CT molecular complexity index is 721. The number of anilines is 1. The molecule has 0 bridgehead atoms. The topological polar surface area (TPSA) is 78.9 Å². The van der Waals surface area contributed by atoms with Gasteiger partial charge < -0.3 is 9.84 Å². The summed E-state index contributed by atoms with van der Waals surface area (Å²) in [4.78, 5) is 23.8. The number of carbonyl (C=O) groups excluding carboxylic acids is 2. The number of unbranched alkanes of at least 4 members (excludes halogenated alkanes) is 1. The molecule has 2 amide bonds. The van der Waals surface area contributed by atoms with Crippen LogP contribution in [0.25, 0.3) is 0 Å². The van der Waals surface area contributed by atoms with E-state index in [9.17, 15) is 9.59 Å². The normalized spacial score (nSPS) is 14.9. The maximum atomic E-state index is 12.1. The lowest BCUT2D eigenvalue weighted by Gasteiger charge is -2.14. The smallest absolute Gasteiger partial charge is 0.258 e. The predicted molar refractivity (Wildman–Crippen MR) is 120 cm³/mol. The van der Waals surface area contributed by atoms with Crippen molar-refractivity contribution < 1.29 is 19.4 Å². The van der Waals surface area contributed by atoms with Crippen LogP contribution >= 0.6 is 0 Å². The fourth-order valence-corrected chi connectivity index (χ4v) is 2.73. The number of aliphatic hydroxyl groups excluding tert-OH is 1. The average molecular weight is 415 g/mol. The zero-order valence-corrected chi connectivity index (χ0v) is 18.2. The summed E-state index contributed by atoms with van der Waals surface area (Å²) >= 11 is 0. The Morgan fingerprint density at radius 2 is 1.50 bits per heavy atom. The van der Waals surface area contributed by atoms with Crippen LogP contribution in [0.1, 0.15) is 45.6 Å². The molecule has 6 nitrogen and oxygen atoms in total. The lowest BCUT2D eigenvalue weighted by atomic mass is 10.0. The van der Waals surface area contributed by atoms with Gasteiger partial charge in [-0.1, -0.05) is 68.3 Å². The molecule has 0 spiro atoms. The quantitative estimate of drug-likeness (QED) is 0.669. The maximum absolute atomic E-state index is 12.1. The van der Waals surface area contributed by atoms with Crippen molar-refractivity contribution in [3.8, 4) is 0 Å². The van der Waals surface area contributed by atoms with Gasteiger partial charge in [0.2, 0.25) is 0 Å². The lowest BCUT2D eigenvalue weighted by molar-refractivity contribution is -0.127. The summed E-state index contributed by atoms with van der Waals surface area (Å²) < 4.78 is 4.83. The van der Waals surface area contributed by atoms with Crippen LogP contribution in [0.5, 0.6) is 0 Å². The standard InChI is InChI=1S/C13H16N2O2.C7H8O.C4H10O/c1-2-3-9-11-12(16)14-15(13(11)17)10-7-5-4-6-8-10;8-6-7-4-2-1-3-5-7;1-3-5-4-2/h4-8,11H,2-3,9H2,1H3,(H,14,16);1-5,8H,6H2;3-4H2,1-2H3. The maximum Gasteiger partial charge on any atom is 0.258 e. The Hall–Kier alpha value is -2.70. The number of benzene rings is 2. The number of ether oxygens (including phenoxy) is 1. The van der Waals surface area contributed by atoms with Crippen molar-refractivity contribution in [3.63, 3.8) is 0 Å². The van der Waals surface area contributed by atoms with Crippen molar-refractivity contribution in [1.29, 1.82) is 0 Å². The number of hydrogen-bond donors (Lipinski definition) is 2. The first kappa shape index (κ1) is 25.3. The van der Waals surface area contributed by atoms with Crippen LogP contribution in [-0.4, -0.2) is 30.1 Å². The summed E-state index contributed by atoms with van der Waals surface area (Å²) in [6.07, 6.45) is 2.51. The van der Waals surface area contributed by atoms with E-state index in [1.54, 1.807) is 12.1 Å². The molecule has 0 aliphatic carbocycles. The molecule has 2 aromatic rings. The van der Waals surface area contributed by atoms with Crippen LogP contribution in [0, 0.1) is 5.92 Å². The summed E-state index contributed by atoms with van der Waals surface area (Å²) in [7, 11) is 0. The van der Waals surface area contributed by atoms with Crippen molar-refractivity contribution in [2.24, 2.45) is 5.92 Å². The van der Waals surface area contributed by atoms with Crippen LogP contribution in [0.15, 0.2) is 60.7 Å². The molecule has 1 aliphatic rings. The van der Waals surface area contributed by atoms with Crippen molar-refractivity contribution in [1.82, 2.24) is 5.43 Å². The van der Waals surface area contributed by atoms with Gasteiger partial charge in [0.1, 0.15) is 5.92 Å². The van der Waals surface area contributed by atoms with E-state index in [0.29, 0.717) is 12.1 Å². The molecular formula is C24H34N2O4. The number of carbonyl (C=O) groups is 2. The first-order valence-corrected chi connectivity index (χ1v) is 10.5. The van der Waals surface area contributed by atoms with Gasteiger partial charge in [0.05, 0.1) is 12.3 Å². The first-order chi connectivity index (χ1) is 14.6. The van der Waals surface area contributed by atoms with Crippen LogP contribution in [0.4, 0.5) is 5.69 Å². The van der Waals surface area contributed by atoms with Crippen LogP contribution in [0.3, 0.4) is 0 Å². The third kappa shape index (κ3) is 8.76. The molecule has 1 saturated heterocycles. The average Bonchev–Trinajstić information content (AvgIpc) is 3.08. The SMILES string of the molecule is CCCCC1C(=O)NN(c2ccccc2)C1=O.CCOCC.OCc1ccccc1. The molecule has 30 heavy (non-hydrogen) atoms. The zero-order valence-electron chi connectivity index (χ0n) is 18.2. The Kier molecular flexibility index (Phi) is 12.8. The Labute approximate surface area is 179 Å². The summed E-state index contributed by atoms with van der Waals surface area (Å²) in [6.45, 7) is 7.85. The van der Waals surface area contributed by atoms with E-state index in [4.69, 9.17) is 9.84 Å². The van der Waals surface area contributed by atoms with Crippen LogP contribution in [-0.2, 0) is 20.9 Å². The fraction of sp³-hybridized carbons (Fsp3) is 0.417. The molecule has 1 atom stereocenters. The number of nitrogens with one attached hydrogen (secondary N) is 1. The molecular weight excluding hydrogens is 380 g/mol. The van der Waals surface area contributed by atoms with Gasteiger partial charge in [-0.3, -0.25) is 15.0 Å². The number of nitrogens with zero attached hydrogens (tertiary/aromatic N) is 1. The van der Waals surface area contributed by atoms with E-state index < -0.39 is 5.92 Å². The second-order valence-corrected chi connectivity index (χ2v) is 6.61. The number of hydrazine groups is 1. The molecule has 3 rings (SSSR count). The Balaban J connectivity index is 0.000000286. The third-order valence-corrected chi connectivity index (χ3v) is 4.35. The first-order valence-electron chi connectivity index (χ1n) is 10.5. The van der Waals surface area contributed by atoms with Gasteiger partial charge in [0, 0.05) is 13.2 Å². The van der Waals surface area contributed by atoms with E-state index in [0.717, 1.165) is 31.6 Å². The highest BCUT2D eigenvalue weighted by atomic mass is 16.5. The summed E-state index contributed by atoms with van der Waals surface area (Å²) in [6, 6.07) is 18.7. The van der Waals surface area contributed by atoms with Crippen LogP contribution < -0.4 is 10.4 Å². The summed E-state index contributed by atoms with van der Waals surface area (Å²) in [5, 5.41) is 9.89. The van der Waals surface area contributed by atoms with Crippen LogP contribution in [0.2, 0.25) is 0 Å². The van der Waals surface area contributed by atoms with Crippen molar-refractivity contribution in [3.05, 3.63) is 66.2 Å². The van der Waals surface area contributed by atoms with E-state index >= 15 is 0 Å². The number of para-hydroxylation sites is 1. The van der Waals surface area contributed by atoms with Gasteiger partial charge in [-0.25, -0.2) is 5.01 Å². The van der Waals surface area contributed by atoms with E-state index in [-0.39, 0.29) is 18.4 Å². The lowest BCUT2D eigenvalue weighted by Crippen LogP contribution is -2.35. The molecule has 164 valence electrons. The minimum atomic E-state index is -0.518. The molecule has 6 heteroatoms.